The zero-order chi connectivity index (χ0) is 14.8. The molecule has 2 atom stereocenters. The van der Waals surface area contributed by atoms with E-state index < -0.39 is 0 Å². The molecule has 5 heteroatoms. The van der Waals surface area contributed by atoms with Crippen molar-refractivity contribution in [3.05, 3.63) is 29.3 Å². The van der Waals surface area contributed by atoms with E-state index in [2.05, 4.69) is 35.4 Å². The third kappa shape index (κ3) is 3.04. The number of hydrogen-bond acceptors (Lipinski definition) is 4. The van der Waals surface area contributed by atoms with Gasteiger partial charge in [-0.3, -0.25) is 10.2 Å². The highest BCUT2D eigenvalue weighted by Crippen LogP contribution is 2.30. The van der Waals surface area contributed by atoms with E-state index in [1.807, 2.05) is 0 Å². The fourth-order valence-corrected chi connectivity index (χ4v) is 3.37. The molecular weight excluding hydrogens is 266 g/mol. The molecule has 1 aromatic carbocycles. The molecule has 3 N–H and O–H groups in total. The Hall–Kier alpha value is -1.59. The zero-order valence-electron chi connectivity index (χ0n) is 12.5. The average molecular weight is 289 g/mol. The Morgan fingerprint density at radius 2 is 2.33 bits per heavy atom. The van der Waals surface area contributed by atoms with Crippen molar-refractivity contribution >= 4 is 11.6 Å². The molecule has 0 aromatic heterocycles. The second kappa shape index (κ2) is 6.03. The van der Waals surface area contributed by atoms with Crippen LogP contribution in [-0.2, 0) is 16.0 Å². The molecule has 5 nitrogen and oxygen atoms in total. The van der Waals surface area contributed by atoms with Crippen molar-refractivity contribution in [1.29, 1.82) is 0 Å². The summed E-state index contributed by atoms with van der Waals surface area (Å²) in [5, 5.41) is 0. The number of rotatable bonds is 3. The molecule has 2 aliphatic rings. The number of hydrogen-bond donors (Lipinski definition) is 2. The van der Waals surface area contributed by atoms with Gasteiger partial charge in [0.25, 0.3) is 5.91 Å². The highest BCUT2D eigenvalue weighted by Gasteiger charge is 2.32. The highest BCUT2D eigenvalue weighted by atomic mass is 16.5. The molecule has 1 amide bonds. The Morgan fingerprint density at radius 1 is 1.48 bits per heavy atom. The summed E-state index contributed by atoms with van der Waals surface area (Å²) in [5.74, 6) is 4.95. The van der Waals surface area contributed by atoms with Crippen LogP contribution in [0.3, 0.4) is 0 Å². The summed E-state index contributed by atoms with van der Waals surface area (Å²) in [4.78, 5) is 13.9. The maximum Gasteiger partial charge on any atom is 0.263 e. The van der Waals surface area contributed by atoms with Gasteiger partial charge in [0.2, 0.25) is 0 Å². The van der Waals surface area contributed by atoms with E-state index in [4.69, 9.17) is 10.6 Å². The lowest BCUT2D eigenvalue weighted by molar-refractivity contribution is -0.131. The molecule has 1 aromatic rings. The molecular formula is C16H23N3O2. The van der Waals surface area contributed by atoms with Gasteiger partial charge in [-0.15, -0.1) is 0 Å². The number of anilines is 1. The molecule has 0 bridgehead atoms. The van der Waals surface area contributed by atoms with Crippen molar-refractivity contribution in [3.63, 3.8) is 0 Å². The van der Waals surface area contributed by atoms with Crippen molar-refractivity contribution in [3.8, 4) is 0 Å². The molecule has 2 unspecified atom stereocenters. The first-order chi connectivity index (χ1) is 10.2. The van der Waals surface area contributed by atoms with Crippen LogP contribution in [0.2, 0.25) is 0 Å². The number of nitrogens with two attached hydrogens (primary N) is 1. The van der Waals surface area contributed by atoms with Crippen LogP contribution in [0.1, 0.15) is 30.4 Å². The minimum atomic E-state index is -0.387. The summed E-state index contributed by atoms with van der Waals surface area (Å²) < 4.78 is 5.82. The zero-order valence-corrected chi connectivity index (χ0v) is 12.5. The molecule has 0 spiro atoms. The summed E-state index contributed by atoms with van der Waals surface area (Å²) in [6.07, 6.45) is 3.72. The van der Waals surface area contributed by atoms with E-state index in [0.29, 0.717) is 0 Å². The maximum atomic E-state index is 11.5. The number of carbonyl (C=O) groups excluding carboxylic acids is 1. The van der Waals surface area contributed by atoms with Crippen LogP contribution in [0.4, 0.5) is 5.69 Å². The van der Waals surface area contributed by atoms with Crippen molar-refractivity contribution in [2.75, 3.05) is 18.0 Å². The van der Waals surface area contributed by atoms with Gasteiger partial charge in [-0.05, 0) is 44.2 Å². The Morgan fingerprint density at radius 3 is 3.14 bits per heavy atom. The quantitative estimate of drug-likeness (QED) is 0.500. The molecule has 1 saturated heterocycles. The number of amides is 1. The minimum absolute atomic E-state index is 0.111. The lowest BCUT2D eigenvalue weighted by atomic mass is 9.99. The molecule has 0 radical (unpaired) electrons. The summed E-state index contributed by atoms with van der Waals surface area (Å²) in [5.41, 5.74) is 6.24. The van der Waals surface area contributed by atoms with Crippen LogP contribution >= 0.6 is 0 Å². The lowest BCUT2D eigenvalue weighted by Crippen LogP contribution is -2.40. The van der Waals surface area contributed by atoms with E-state index >= 15 is 0 Å². The van der Waals surface area contributed by atoms with Gasteiger partial charge in [0.05, 0.1) is 6.10 Å². The molecule has 0 aliphatic carbocycles. The summed E-state index contributed by atoms with van der Waals surface area (Å²) >= 11 is 0. The van der Waals surface area contributed by atoms with E-state index in [-0.39, 0.29) is 18.1 Å². The number of fused-ring (bicyclic) bond motifs is 1. The van der Waals surface area contributed by atoms with Gasteiger partial charge in [-0.1, -0.05) is 17.7 Å². The molecule has 114 valence electrons. The number of ether oxygens (including phenoxy) is 1. The smallest absolute Gasteiger partial charge is 0.263 e. The van der Waals surface area contributed by atoms with Crippen molar-refractivity contribution in [1.82, 2.24) is 5.43 Å². The number of hydrazine groups is 1. The first-order valence-electron chi connectivity index (χ1n) is 7.68. The van der Waals surface area contributed by atoms with Crippen molar-refractivity contribution in [2.24, 2.45) is 5.84 Å². The Kier molecular flexibility index (Phi) is 4.12. The fourth-order valence-electron chi connectivity index (χ4n) is 3.37. The summed E-state index contributed by atoms with van der Waals surface area (Å²) in [6, 6.07) is 6.65. The maximum absolute atomic E-state index is 11.5. The van der Waals surface area contributed by atoms with Crippen LogP contribution in [-0.4, -0.2) is 31.2 Å². The van der Waals surface area contributed by atoms with Gasteiger partial charge >= 0.3 is 0 Å². The molecule has 1 fully saturated rings. The van der Waals surface area contributed by atoms with Gasteiger partial charge < -0.3 is 9.64 Å². The van der Waals surface area contributed by atoms with Crippen LogP contribution in [0.25, 0.3) is 0 Å². The largest absolute Gasteiger partial charge is 0.369 e. The van der Waals surface area contributed by atoms with Gasteiger partial charge in [-0.25, -0.2) is 5.84 Å². The molecule has 0 saturated carbocycles. The first kappa shape index (κ1) is 14.4. The second-order valence-electron chi connectivity index (χ2n) is 6.01. The molecule has 21 heavy (non-hydrogen) atoms. The van der Waals surface area contributed by atoms with Crippen LogP contribution < -0.4 is 16.2 Å². The van der Waals surface area contributed by atoms with Gasteiger partial charge in [0.1, 0.15) is 6.10 Å². The second-order valence-corrected chi connectivity index (χ2v) is 6.01. The van der Waals surface area contributed by atoms with E-state index in [1.165, 1.54) is 23.2 Å². The molecule has 2 aliphatic heterocycles. The minimum Gasteiger partial charge on any atom is -0.369 e. The SMILES string of the molecule is Cc1ccc2c(c1)CCCN2CC1CCC(C(=O)NN)O1. The Labute approximate surface area is 125 Å². The normalized spacial score (nSPS) is 24.8. The third-order valence-corrected chi connectivity index (χ3v) is 4.42. The van der Waals surface area contributed by atoms with E-state index in [0.717, 1.165) is 32.4 Å². The van der Waals surface area contributed by atoms with E-state index in [9.17, 15) is 4.79 Å². The monoisotopic (exact) mass is 289 g/mol. The Bertz CT molecular complexity index is 532. The van der Waals surface area contributed by atoms with Crippen LogP contribution in [0, 0.1) is 6.92 Å². The number of carbonyl (C=O) groups is 1. The summed E-state index contributed by atoms with van der Waals surface area (Å²) in [7, 11) is 0. The number of nitrogens with one attached hydrogen (secondary N) is 1. The average Bonchev–Trinajstić information content (AvgIpc) is 2.95. The Balaban J connectivity index is 1.66. The predicted octanol–water partition coefficient (Wildman–Crippen LogP) is 1.29. The van der Waals surface area contributed by atoms with Crippen molar-refractivity contribution < 1.29 is 9.53 Å². The van der Waals surface area contributed by atoms with Gasteiger partial charge in [0, 0.05) is 18.8 Å². The summed E-state index contributed by atoms with van der Waals surface area (Å²) in [6.45, 7) is 4.05. The highest BCUT2D eigenvalue weighted by molar-refractivity contribution is 5.80. The molecule has 3 rings (SSSR count). The third-order valence-electron chi connectivity index (χ3n) is 4.42. The van der Waals surface area contributed by atoms with Crippen molar-refractivity contribution in [2.45, 2.75) is 44.8 Å². The fraction of sp³-hybridized carbons (Fsp3) is 0.562. The number of benzene rings is 1. The number of aryl methyl sites for hydroxylation is 2. The van der Waals surface area contributed by atoms with Gasteiger partial charge in [0.15, 0.2) is 0 Å². The van der Waals surface area contributed by atoms with Gasteiger partial charge in [-0.2, -0.15) is 0 Å². The van der Waals surface area contributed by atoms with Crippen LogP contribution in [0.15, 0.2) is 18.2 Å². The van der Waals surface area contributed by atoms with Crippen LogP contribution in [0.5, 0.6) is 0 Å². The standard InChI is InChI=1S/C16H23N3O2/c1-11-4-6-14-12(9-11)3-2-8-19(14)10-13-5-7-15(21-13)16(20)18-17/h4,6,9,13,15H,2-3,5,7-8,10,17H2,1H3,(H,18,20). The lowest BCUT2D eigenvalue weighted by Gasteiger charge is -2.33. The molecule has 2 heterocycles. The van der Waals surface area contributed by atoms with E-state index in [1.54, 1.807) is 0 Å². The predicted molar refractivity (Wildman–Crippen MR) is 81.9 cm³/mol. The topological polar surface area (TPSA) is 67.6 Å². The number of nitrogens with zero attached hydrogens (tertiary/aromatic N) is 1. The first-order valence-corrected chi connectivity index (χ1v) is 7.68.